The molecule has 1 aromatic rings. The van der Waals surface area contributed by atoms with Crippen LogP contribution in [0.15, 0.2) is 12.4 Å². The van der Waals surface area contributed by atoms with Crippen molar-refractivity contribution in [1.29, 1.82) is 0 Å². The van der Waals surface area contributed by atoms with Gasteiger partial charge in [-0.05, 0) is 32.2 Å². The lowest BCUT2D eigenvalue weighted by atomic mass is 9.98. The molecule has 0 amide bonds. The van der Waals surface area contributed by atoms with Gasteiger partial charge in [0.05, 0.1) is 0 Å². The maximum atomic E-state index is 4.42. The van der Waals surface area contributed by atoms with Crippen LogP contribution in [0.2, 0.25) is 0 Å². The van der Waals surface area contributed by atoms with Crippen LogP contribution in [0, 0.1) is 5.92 Å². The van der Waals surface area contributed by atoms with Crippen LogP contribution in [0.25, 0.3) is 0 Å². The molecule has 1 aromatic heterocycles. The lowest BCUT2D eigenvalue weighted by Gasteiger charge is -2.21. The Morgan fingerprint density at radius 1 is 1.35 bits per heavy atom. The first-order valence-corrected chi connectivity index (χ1v) is 6.92. The maximum Gasteiger partial charge on any atom is 0.108 e. The van der Waals surface area contributed by atoms with Crippen LogP contribution in [0.5, 0.6) is 0 Å². The van der Waals surface area contributed by atoms with E-state index in [1.165, 1.54) is 18.7 Å². The Labute approximate surface area is 106 Å². The Bertz CT molecular complexity index is 304. The quantitative estimate of drug-likeness (QED) is 0.753. The van der Waals surface area contributed by atoms with Gasteiger partial charge in [-0.15, -0.1) is 0 Å². The number of rotatable bonds is 8. The second-order valence-corrected chi connectivity index (χ2v) is 4.93. The van der Waals surface area contributed by atoms with Crippen LogP contribution < -0.4 is 5.32 Å². The molecule has 0 aromatic carbocycles. The van der Waals surface area contributed by atoms with Gasteiger partial charge in [0.25, 0.3) is 0 Å². The molecule has 1 N–H and O–H groups in total. The second kappa shape index (κ2) is 7.49. The van der Waals surface area contributed by atoms with Crippen molar-refractivity contribution in [2.75, 3.05) is 6.54 Å². The van der Waals surface area contributed by atoms with E-state index in [4.69, 9.17) is 0 Å². The van der Waals surface area contributed by atoms with E-state index in [0.717, 1.165) is 19.5 Å². The van der Waals surface area contributed by atoms with Gasteiger partial charge in [0.2, 0.25) is 0 Å². The molecule has 0 radical (unpaired) electrons. The standard InChI is InChI=1S/C14H27N3/c1-5-15-13(12(3)4)8-7-9-14-16-10-11-17(14)6-2/h10-13,15H,5-9H2,1-4H3. The first-order valence-electron chi connectivity index (χ1n) is 6.92. The van der Waals surface area contributed by atoms with Gasteiger partial charge in [0, 0.05) is 31.4 Å². The fourth-order valence-corrected chi connectivity index (χ4v) is 2.27. The molecule has 1 unspecified atom stereocenters. The lowest BCUT2D eigenvalue weighted by molar-refractivity contribution is 0.375. The molecule has 1 heterocycles. The summed E-state index contributed by atoms with van der Waals surface area (Å²) in [7, 11) is 0. The van der Waals surface area contributed by atoms with Gasteiger partial charge < -0.3 is 9.88 Å². The third-order valence-electron chi connectivity index (χ3n) is 3.33. The smallest absolute Gasteiger partial charge is 0.108 e. The number of nitrogens with one attached hydrogen (secondary N) is 1. The monoisotopic (exact) mass is 237 g/mol. The van der Waals surface area contributed by atoms with E-state index in [0.29, 0.717) is 12.0 Å². The molecule has 17 heavy (non-hydrogen) atoms. The largest absolute Gasteiger partial charge is 0.335 e. The zero-order valence-corrected chi connectivity index (χ0v) is 11.7. The molecular formula is C14H27N3. The zero-order valence-electron chi connectivity index (χ0n) is 11.7. The minimum atomic E-state index is 0.644. The highest BCUT2D eigenvalue weighted by Crippen LogP contribution is 2.11. The summed E-state index contributed by atoms with van der Waals surface area (Å²) in [6.07, 6.45) is 7.52. The molecule has 1 atom stereocenters. The molecule has 0 saturated heterocycles. The Balaban J connectivity index is 2.35. The van der Waals surface area contributed by atoms with Crippen LogP contribution in [-0.4, -0.2) is 22.1 Å². The van der Waals surface area contributed by atoms with Gasteiger partial charge in [-0.1, -0.05) is 20.8 Å². The first kappa shape index (κ1) is 14.2. The van der Waals surface area contributed by atoms with Crippen LogP contribution in [0.3, 0.4) is 0 Å². The SMILES string of the molecule is CCNC(CCCc1nccn1CC)C(C)C. The summed E-state index contributed by atoms with van der Waals surface area (Å²) >= 11 is 0. The number of hydrogen-bond acceptors (Lipinski definition) is 2. The number of hydrogen-bond donors (Lipinski definition) is 1. The van der Waals surface area contributed by atoms with Crippen molar-refractivity contribution in [2.45, 2.75) is 59.5 Å². The molecule has 0 saturated carbocycles. The third-order valence-corrected chi connectivity index (χ3v) is 3.33. The summed E-state index contributed by atoms with van der Waals surface area (Å²) in [5.74, 6) is 1.94. The number of aryl methyl sites for hydroxylation is 2. The van der Waals surface area contributed by atoms with Crippen molar-refractivity contribution in [3.63, 3.8) is 0 Å². The zero-order chi connectivity index (χ0) is 12.7. The number of aromatic nitrogens is 2. The fourth-order valence-electron chi connectivity index (χ4n) is 2.27. The predicted octanol–water partition coefficient (Wildman–Crippen LogP) is 2.86. The molecule has 0 fully saturated rings. The Hall–Kier alpha value is -0.830. The van der Waals surface area contributed by atoms with E-state index in [2.05, 4.69) is 48.8 Å². The predicted molar refractivity (Wildman–Crippen MR) is 73.1 cm³/mol. The third kappa shape index (κ3) is 4.50. The van der Waals surface area contributed by atoms with Gasteiger partial charge in [-0.25, -0.2) is 4.98 Å². The van der Waals surface area contributed by atoms with Crippen LogP contribution in [0.4, 0.5) is 0 Å². The van der Waals surface area contributed by atoms with Gasteiger partial charge in [0.15, 0.2) is 0 Å². The average molecular weight is 237 g/mol. The average Bonchev–Trinajstić information content (AvgIpc) is 2.75. The van der Waals surface area contributed by atoms with Gasteiger partial charge in [-0.2, -0.15) is 0 Å². The number of nitrogens with zero attached hydrogens (tertiary/aromatic N) is 2. The van der Waals surface area contributed by atoms with Crippen molar-refractivity contribution in [3.05, 3.63) is 18.2 Å². The molecular weight excluding hydrogens is 210 g/mol. The minimum Gasteiger partial charge on any atom is -0.335 e. The molecule has 0 bridgehead atoms. The van der Waals surface area contributed by atoms with Gasteiger partial charge in [-0.3, -0.25) is 0 Å². The second-order valence-electron chi connectivity index (χ2n) is 4.93. The minimum absolute atomic E-state index is 0.644. The lowest BCUT2D eigenvalue weighted by Crippen LogP contribution is -2.33. The Morgan fingerprint density at radius 3 is 2.71 bits per heavy atom. The van der Waals surface area contributed by atoms with Gasteiger partial charge >= 0.3 is 0 Å². The van der Waals surface area contributed by atoms with E-state index in [-0.39, 0.29) is 0 Å². The summed E-state index contributed by atoms with van der Waals surface area (Å²) < 4.78 is 2.23. The topological polar surface area (TPSA) is 29.9 Å². The normalized spacial score (nSPS) is 13.2. The highest BCUT2D eigenvalue weighted by Gasteiger charge is 2.11. The summed E-state index contributed by atoms with van der Waals surface area (Å²) in [6, 6.07) is 0.644. The molecule has 0 aliphatic rings. The van der Waals surface area contributed by atoms with E-state index >= 15 is 0 Å². The highest BCUT2D eigenvalue weighted by atomic mass is 15.0. The Morgan fingerprint density at radius 2 is 2.12 bits per heavy atom. The number of imidazole rings is 1. The summed E-state index contributed by atoms with van der Waals surface area (Å²) in [4.78, 5) is 4.42. The summed E-state index contributed by atoms with van der Waals surface area (Å²) in [5.41, 5.74) is 0. The molecule has 3 heteroatoms. The van der Waals surface area contributed by atoms with Crippen molar-refractivity contribution >= 4 is 0 Å². The summed E-state index contributed by atoms with van der Waals surface area (Å²) in [6.45, 7) is 11.0. The van der Waals surface area contributed by atoms with Crippen LogP contribution >= 0.6 is 0 Å². The van der Waals surface area contributed by atoms with Crippen LogP contribution in [-0.2, 0) is 13.0 Å². The van der Waals surface area contributed by atoms with Crippen molar-refractivity contribution in [2.24, 2.45) is 5.92 Å². The molecule has 1 rings (SSSR count). The van der Waals surface area contributed by atoms with E-state index < -0.39 is 0 Å². The van der Waals surface area contributed by atoms with Crippen molar-refractivity contribution in [3.8, 4) is 0 Å². The van der Waals surface area contributed by atoms with E-state index in [9.17, 15) is 0 Å². The van der Waals surface area contributed by atoms with Crippen LogP contribution in [0.1, 0.15) is 46.4 Å². The van der Waals surface area contributed by atoms with E-state index in [1.54, 1.807) is 0 Å². The summed E-state index contributed by atoms with van der Waals surface area (Å²) in [5, 5.41) is 3.56. The van der Waals surface area contributed by atoms with Gasteiger partial charge in [0.1, 0.15) is 5.82 Å². The van der Waals surface area contributed by atoms with Crippen molar-refractivity contribution < 1.29 is 0 Å². The maximum absolute atomic E-state index is 4.42. The molecule has 3 nitrogen and oxygen atoms in total. The molecule has 0 aliphatic carbocycles. The van der Waals surface area contributed by atoms with Crippen molar-refractivity contribution in [1.82, 2.24) is 14.9 Å². The molecule has 0 aliphatic heterocycles. The highest BCUT2D eigenvalue weighted by molar-refractivity contribution is 4.92. The molecule has 0 spiro atoms. The van der Waals surface area contributed by atoms with E-state index in [1.807, 2.05) is 6.20 Å². The Kier molecular flexibility index (Phi) is 6.27. The first-order chi connectivity index (χ1) is 8.19. The molecule has 98 valence electrons. The fraction of sp³-hybridized carbons (Fsp3) is 0.786.